The third kappa shape index (κ3) is 4.62. The SMILES string of the molecule is C=C(C)C=CCC(C)=CCOc1ccc2ccc(=O)oc2c1OC. The van der Waals surface area contributed by atoms with E-state index in [-0.39, 0.29) is 0 Å². The standard InChI is InChI=1S/C20H22O4/c1-14(2)6-5-7-15(3)12-13-23-17-10-8-16-9-11-18(21)24-19(16)20(17)22-4/h5-6,8-12H,1,7,13H2,2-4H3. The van der Waals surface area contributed by atoms with Gasteiger partial charge in [-0.2, -0.15) is 0 Å². The zero-order chi connectivity index (χ0) is 17.5. The summed E-state index contributed by atoms with van der Waals surface area (Å²) >= 11 is 0. The van der Waals surface area contributed by atoms with E-state index in [2.05, 4.69) is 12.7 Å². The Hall–Kier alpha value is -2.75. The lowest BCUT2D eigenvalue weighted by molar-refractivity contribution is 0.324. The van der Waals surface area contributed by atoms with Crippen LogP contribution >= 0.6 is 0 Å². The molecule has 0 unspecified atom stereocenters. The highest BCUT2D eigenvalue weighted by molar-refractivity contribution is 5.85. The molecule has 0 fully saturated rings. The van der Waals surface area contributed by atoms with Gasteiger partial charge in [0.25, 0.3) is 0 Å². The third-order valence-corrected chi connectivity index (χ3v) is 3.43. The largest absolute Gasteiger partial charge is 0.490 e. The maximum Gasteiger partial charge on any atom is 0.336 e. The van der Waals surface area contributed by atoms with Gasteiger partial charge in [-0.1, -0.05) is 29.9 Å². The highest BCUT2D eigenvalue weighted by Crippen LogP contribution is 2.34. The number of ether oxygens (including phenoxy) is 2. The fourth-order valence-corrected chi connectivity index (χ4v) is 2.20. The van der Waals surface area contributed by atoms with Gasteiger partial charge in [0.1, 0.15) is 6.61 Å². The number of methoxy groups -OCH3 is 1. The normalized spacial score (nSPS) is 11.9. The molecule has 0 aliphatic rings. The first-order valence-electron chi connectivity index (χ1n) is 7.72. The van der Waals surface area contributed by atoms with Crippen molar-refractivity contribution in [1.29, 1.82) is 0 Å². The van der Waals surface area contributed by atoms with Crippen LogP contribution in [0.1, 0.15) is 20.3 Å². The number of allylic oxidation sites excluding steroid dienone is 4. The second-order valence-corrected chi connectivity index (χ2v) is 5.58. The zero-order valence-corrected chi connectivity index (χ0v) is 14.3. The van der Waals surface area contributed by atoms with E-state index in [0.717, 1.165) is 17.4 Å². The molecule has 1 aromatic heterocycles. The van der Waals surface area contributed by atoms with Gasteiger partial charge in [-0.3, -0.25) is 0 Å². The lowest BCUT2D eigenvalue weighted by Crippen LogP contribution is -2.00. The van der Waals surface area contributed by atoms with E-state index in [9.17, 15) is 4.79 Å². The molecule has 4 nitrogen and oxygen atoms in total. The number of rotatable bonds is 7. The van der Waals surface area contributed by atoms with E-state index in [1.807, 2.05) is 38.1 Å². The Kier molecular flexibility index (Phi) is 6.01. The Bertz CT molecular complexity index is 840. The topological polar surface area (TPSA) is 48.7 Å². The molecule has 0 N–H and O–H groups in total. The van der Waals surface area contributed by atoms with Gasteiger partial charge in [-0.25, -0.2) is 4.79 Å². The van der Waals surface area contributed by atoms with Gasteiger partial charge in [0.15, 0.2) is 11.3 Å². The molecule has 0 amide bonds. The summed E-state index contributed by atoms with van der Waals surface area (Å²) in [6.45, 7) is 8.24. The van der Waals surface area contributed by atoms with E-state index in [1.54, 1.807) is 6.07 Å². The Morgan fingerprint density at radius 3 is 2.71 bits per heavy atom. The Morgan fingerprint density at radius 1 is 1.25 bits per heavy atom. The first-order valence-corrected chi connectivity index (χ1v) is 7.72. The first-order chi connectivity index (χ1) is 11.5. The molecule has 1 aromatic carbocycles. The van der Waals surface area contributed by atoms with E-state index in [4.69, 9.17) is 13.9 Å². The van der Waals surface area contributed by atoms with Crippen LogP contribution < -0.4 is 15.1 Å². The minimum atomic E-state index is -0.419. The number of benzene rings is 1. The predicted molar refractivity (Wildman–Crippen MR) is 96.9 cm³/mol. The maximum atomic E-state index is 11.4. The summed E-state index contributed by atoms with van der Waals surface area (Å²) in [4.78, 5) is 11.4. The summed E-state index contributed by atoms with van der Waals surface area (Å²) in [6.07, 6.45) is 6.92. The molecule has 0 aliphatic heterocycles. The average molecular weight is 326 g/mol. The minimum absolute atomic E-state index is 0.396. The van der Waals surface area contributed by atoms with Crippen molar-refractivity contribution in [2.24, 2.45) is 0 Å². The van der Waals surface area contributed by atoms with Gasteiger partial charge >= 0.3 is 5.63 Å². The molecule has 0 spiro atoms. The van der Waals surface area contributed by atoms with Crippen LogP contribution in [0.2, 0.25) is 0 Å². The molecule has 2 aromatic rings. The summed E-state index contributed by atoms with van der Waals surface area (Å²) in [5.41, 5.74) is 2.20. The highest BCUT2D eigenvalue weighted by atomic mass is 16.5. The molecule has 4 heteroatoms. The van der Waals surface area contributed by atoms with Gasteiger partial charge in [0, 0.05) is 11.5 Å². The summed E-state index contributed by atoms with van der Waals surface area (Å²) in [7, 11) is 1.53. The van der Waals surface area contributed by atoms with Crippen molar-refractivity contribution in [3.05, 3.63) is 70.6 Å². The Labute approximate surface area is 141 Å². The molecular formula is C20H22O4. The predicted octanol–water partition coefficient (Wildman–Crippen LogP) is 4.65. The van der Waals surface area contributed by atoms with E-state index < -0.39 is 5.63 Å². The van der Waals surface area contributed by atoms with Crippen LogP contribution in [0.25, 0.3) is 11.0 Å². The van der Waals surface area contributed by atoms with Crippen molar-refractivity contribution in [3.63, 3.8) is 0 Å². The molecule has 126 valence electrons. The minimum Gasteiger partial charge on any atom is -0.490 e. The third-order valence-electron chi connectivity index (χ3n) is 3.43. The molecule has 0 radical (unpaired) electrons. The fraction of sp³-hybridized carbons (Fsp3) is 0.250. The van der Waals surface area contributed by atoms with Crippen LogP contribution in [0.3, 0.4) is 0 Å². The van der Waals surface area contributed by atoms with E-state index in [0.29, 0.717) is 23.7 Å². The van der Waals surface area contributed by atoms with Crippen molar-refractivity contribution >= 4 is 11.0 Å². The molecule has 0 saturated heterocycles. The van der Waals surface area contributed by atoms with Crippen LogP contribution in [0.4, 0.5) is 0 Å². The summed E-state index contributed by atoms with van der Waals surface area (Å²) in [5, 5.41) is 0.787. The number of fused-ring (bicyclic) bond motifs is 1. The van der Waals surface area contributed by atoms with E-state index in [1.165, 1.54) is 18.7 Å². The molecular weight excluding hydrogens is 304 g/mol. The lowest BCUT2D eigenvalue weighted by atomic mass is 10.2. The van der Waals surface area contributed by atoms with Crippen LogP contribution in [-0.4, -0.2) is 13.7 Å². The van der Waals surface area contributed by atoms with Crippen molar-refractivity contribution in [3.8, 4) is 11.5 Å². The van der Waals surface area contributed by atoms with Crippen LogP contribution in [0, 0.1) is 0 Å². The van der Waals surface area contributed by atoms with Gasteiger partial charge in [-0.05, 0) is 44.5 Å². The van der Waals surface area contributed by atoms with Crippen molar-refractivity contribution in [2.45, 2.75) is 20.3 Å². The van der Waals surface area contributed by atoms with Crippen LogP contribution in [0.15, 0.2) is 69.4 Å². The van der Waals surface area contributed by atoms with Crippen molar-refractivity contribution in [1.82, 2.24) is 0 Å². The molecule has 0 aliphatic carbocycles. The molecule has 1 heterocycles. The molecule has 2 rings (SSSR count). The van der Waals surface area contributed by atoms with Crippen molar-refractivity contribution in [2.75, 3.05) is 13.7 Å². The Balaban J connectivity index is 2.12. The van der Waals surface area contributed by atoms with Crippen LogP contribution in [-0.2, 0) is 0 Å². The lowest BCUT2D eigenvalue weighted by Gasteiger charge is -2.11. The molecule has 0 atom stereocenters. The second-order valence-electron chi connectivity index (χ2n) is 5.58. The van der Waals surface area contributed by atoms with Crippen molar-refractivity contribution < 1.29 is 13.9 Å². The Morgan fingerprint density at radius 2 is 2.00 bits per heavy atom. The highest BCUT2D eigenvalue weighted by Gasteiger charge is 2.12. The van der Waals surface area contributed by atoms with Gasteiger partial charge in [0.2, 0.25) is 5.75 Å². The van der Waals surface area contributed by atoms with Crippen LogP contribution in [0.5, 0.6) is 11.5 Å². The quantitative estimate of drug-likeness (QED) is 0.422. The monoisotopic (exact) mass is 326 g/mol. The van der Waals surface area contributed by atoms with E-state index >= 15 is 0 Å². The first kappa shape index (κ1) is 17.6. The molecule has 0 bridgehead atoms. The van der Waals surface area contributed by atoms with Gasteiger partial charge in [-0.15, -0.1) is 0 Å². The summed E-state index contributed by atoms with van der Waals surface area (Å²) in [6, 6.07) is 6.73. The van der Waals surface area contributed by atoms with Gasteiger partial charge < -0.3 is 13.9 Å². The second kappa shape index (κ2) is 8.20. The number of hydrogen-bond donors (Lipinski definition) is 0. The zero-order valence-electron chi connectivity index (χ0n) is 14.3. The van der Waals surface area contributed by atoms with Gasteiger partial charge in [0.05, 0.1) is 7.11 Å². The molecule has 24 heavy (non-hydrogen) atoms. The smallest absolute Gasteiger partial charge is 0.336 e. The molecule has 0 saturated carbocycles. The number of hydrogen-bond acceptors (Lipinski definition) is 4. The fourth-order valence-electron chi connectivity index (χ4n) is 2.20. The summed E-state index contributed by atoms with van der Waals surface area (Å²) < 4.78 is 16.4. The maximum absolute atomic E-state index is 11.4. The average Bonchev–Trinajstić information content (AvgIpc) is 2.54. The summed E-state index contributed by atoms with van der Waals surface area (Å²) in [5.74, 6) is 0.972.